The second kappa shape index (κ2) is 2.42. The normalized spacial score (nSPS) is 29.6. The van der Waals surface area contributed by atoms with Crippen LogP contribution in [-0.2, 0) is 0 Å². The molecule has 1 aliphatic rings. The lowest BCUT2D eigenvalue weighted by molar-refractivity contribution is 0.585. The van der Waals surface area contributed by atoms with Gasteiger partial charge in [-0.05, 0) is 6.92 Å². The van der Waals surface area contributed by atoms with E-state index >= 15 is 0 Å². The van der Waals surface area contributed by atoms with Gasteiger partial charge in [-0.25, -0.2) is 5.43 Å². The van der Waals surface area contributed by atoms with Crippen LogP contribution in [0.5, 0.6) is 0 Å². The van der Waals surface area contributed by atoms with E-state index in [1.54, 1.807) is 0 Å². The molecule has 0 aromatic rings. The average Bonchev–Trinajstić information content (AvgIpc) is 1.77. The lowest BCUT2D eigenvalue weighted by Crippen LogP contribution is -2.41. The zero-order chi connectivity index (χ0) is 5.98. The zero-order valence-electron chi connectivity index (χ0n) is 4.90. The minimum atomic E-state index is 0.514. The third-order valence-corrected chi connectivity index (χ3v) is 2.09. The van der Waals surface area contributed by atoms with Crippen molar-refractivity contribution in [1.82, 2.24) is 10.9 Å². The molecule has 0 aromatic heterocycles. The number of hydrogen-bond acceptors (Lipinski definition) is 3. The highest BCUT2D eigenvalue weighted by Crippen LogP contribution is 2.12. The maximum Gasteiger partial charge on any atom is 0.0689 e. The largest absolute Gasteiger partial charge is 0.324 e. The molecule has 0 spiro atoms. The molecule has 0 aromatic carbocycles. The van der Waals surface area contributed by atoms with Crippen molar-refractivity contribution in [3.63, 3.8) is 0 Å². The summed E-state index contributed by atoms with van der Waals surface area (Å²) in [4.78, 5) is 0. The Bertz CT molecular complexity index is 92.6. The molecule has 1 unspecified atom stereocenters. The van der Waals surface area contributed by atoms with Crippen molar-refractivity contribution >= 4 is 11.8 Å². The Labute approximate surface area is 53.7 Å². The molecule has 1 saturated heterocycles. The van der Waals surface area contributed by atoms with Gasteiger partial charge >= 0.3 is 0 Å². The molecule has 0 amide bonds. The lowest BCUT2D eigenvalue weighted by atomic mass is 10.6. The van der Waals surface area contributed by atoms with Crippen molar-refractivity contribution in [2.75, 3.05) is 5.75 Å². The number of nitrogens with one attached hydrogen (secondary N) is 2. The molecule has 1 heterocycles. The van der Waals surface area contributed by atoms with Gasteiger partial charge in [0.1, 0.15) is 0 Å². The van der Waals surface area contributed by atoms with Crippen LogP contribution in [0.1, 0.15) is 6.92 Å². The van der Waals surface area contributed by atoms with Crippen LogP contribution in [-0.4, -0.2) is 11.1 Å². The summed E-state index contributed by atoms with van der Waals surface area (Å²) in [6.07, 6.45) is 0. The van der Waals surface area contributed by atoms with E-state index in [1.165, 1.54) is 0 Å². The number of rotatable bonds is 0. The SMILES string of the molecule is C=C1CSC(C)NN1. The van der Waals surface area contributed by atoms with E-state index in [2.05, 4.69) is 24.4 Å². The Morgan fingerprint density at radius 1 is 1.88 bits per heavy atom. The molecule has 0 bridgehead atoms. The molecular formula is C5H10N2S. The minimum Gasteiger partial charge on any atom is -0.324 e. The van der Waals surface area contributed by atoms with E-state index in [9.17, 15) is 0 Å². The van der Waals surface area contributed by atoms with E-state index in [-0.39, 0.29) is 0 Å². The summed E-state index contributed by atoms with van der Waals surface area (Å²) in [7, 11) is 0. The fourth-order valence-corrected chi connectivity index (χ4v) is 1.17. The fraction of sp³-hybridized carbons (Fsp3) is 0.600. The van der Waals surface area contributed by atoms with Gasteiger partial charge in [-0.1, -0.05) is 6.58 Å². The van der Waals surface area contributed by atoms with E-state index in [0.29, 0.717) is 5.37 Å². The van der Waals surface area contributed by atoms with E-state index in [0.717, 1.165) is 11.4 Å². The first kappa shape index (κ1) is 5.98. The Morgan fingerprint density at radius 2 is 2.62 bits per heavy atom. The quantitative estimate of drug-likeness (QED) is 0.504. The fourth-order valence-electron chi connectivity index (χ4n) is 0.507. The molecule has 1 rings (SSSR count). The molecule has 1 fully saturated rings. The minimum absolute atomic E-state index is 0.514. The second-order valence-electron chi connectivity index (χ2n) is 1.83. The van der Waals surface area contributed by atoms with E-state index in [4.69, 9.17) is 0 Å². The molecular weight excluding hydrogens is 120 g/mol. The number of hydrogen-bond donors (Lipinski definition) is 2. The Morgan fingerprint density at radius 3 is 3.00 bits per heavy atom. The molecule has 0 aliphatic carbocycles. The van der Waals surface area contributed by atoms with Gasteiger partial charge in [0.25, 0.3) is 0 Å². The molecule has 46 valence electrons. The van der Waals surface area contributed by atoms with Crippen molar-refractivity contribution in [1.29, 1.82) is 0 Å². The molecule has 3 heteroatoms. The standard InChI is InChI=1S/C5H10N2S/c1-4-3-8-5(2)7-6-4/h5-7H,1,3H2,2H3. The van der Waals surface area contributed by atoms with Crippen LogP contribution in [0.4, 0.5) is 0 Å². The highest BCUT2D eigenvalue weighted by molar-refractivity contribution is 8.00. The van der Waals surface area contributed by atoms with Crippen LogP contribution in [0.3, 0.4) is 0 Å². The van der Waals surface area contributed by atoms with Crippen LogP contribution in [0, 0.1) is 0 Å². The highest BCUT2D eigenvalue weighted by Gasteiger charge is 2.07. The van der Waals surface area contributed by atoms with Crippen LogP contribution >= 0.6 is 11.8 Å². The molecule has 0 radical (unpaired) electrons. The van der Waals surface area contributed by atoms with Crippen LogP contribution in [0.2, 0.25) is 0 Å². The first-order valence-electron chi connectivity index (χ1n) is 2.60. The van der Waals surface area contributed by atoms with Crippen molar-refractivity contribution in [3.8, 4) is 0 Å². The van der Waals surface area contributed by atoms with E-state index in [1.807, 2.05) is 11.8 Å². The van der Waals surface area contributed by atoms with Crippen LogP contribution < -0.4 is 10.9 Å². The van der Waals surface area contributed by atoms with Gasteiger partial charge in [-0.15, -0.1) is 11.8 Å². The van der Waals surface area contributed by atoms with Crippen molar-refractivity contribution in [3.05, 3.63) is 12.3 Å². The first-order valence-corrected chi connectivity index (χ1v) is 3.65. The van der Waals surface area contributed by atoms with Gasteiger partial charge < -0.3 is 5.43 Å². The maximum atomic E-state index is 3.75. The lowest BCUT2D eigenvalue weighted by Gasteiger charge is -2.22. The third kappa shape index (κ3) is 1.42. The summed E-state index contributed by atoms with van der Waals surface area (Å²) < 4.78 is 0. The molecule has 2 N–H and O–H groups in total. The summed E-state index contributed by atoms with van der Waals surface area (Å²) in [6.45, 7) is 5.87. The van der Waals surface area contributed by atoms with Crippen molar-refractivity contribution < 1.29 is 0 Å². The monoisotopic (exact) mass is 130 g/mol. The second-order valence-corrected chi connectivity index (χ2v) is 3.16. The Balaban J connectivity index is 2.29. The Kier molecular flexibility index (Phi) is 1.81. The average molecular weight is 130 g/mol. The first-order chi connectivity index (χ1) is 3.79. The summed E-state index contributed by atoms with van der Waals surface area (Å²) in [6, 6.07) is 0. The van der Waals surface area contributed by atoms with Crippen LogP contribution in [0.15, 0.2) is 12.3 Å². The topological polar surface area (TPSA) is 24.1 Å². The number of hydrazine groups is 1. The smallest absolute Gasteiger partial charge is 0.0689 e. The maximum absolute atomic E-state index is 3.75. The molecule has 2 nitrogen and oxygen atoms in total. The van der Waals surface area contributed by atoms with Crippen molar-refractivity contribution in [2.24, 2.45) is 0 Å². The summed E-state index contributed by atoms with van der Waals surface area (Å²) in [5.74, 6) is 1.02. The molecule has 0 saturated carbocycles. The predicted octanol–water partition coefficient (Wildman–Crippen LogP) is 0.687. The van der Waals surface area contributed by atoms with Crippen LogP contribution in [0.25, 0.3) is 0 Å². The summed E-state index contributed by atoms with van der Waals surface area (Å²) in [5, 5.41) is 0.514. The molecule has 1 atom stereocenters. The van der Waals surface area contributed by atoms with Crippen molar-refractivity contribution in [2.45, 2.75) is 12.3 Å². The van der Waals surface area contributed by atoms with Gasteiger partial charge in [-0.2, -0.15) is 0 Å². The third-order valence-electron chi connectivity index (χ3n) is 0.960. The van der Waals surface area contributed by atoms with E-state index < -0.39 is 0 Å². The zero-order valence-corrected chi connectivity index (χ0v) is 5.72. The molecule has 1 aliphatic heterocycles. The summed E-state index contributed by atoms with van der Waals surface area (Å²) in [5.41, 5.74) is 7.07. The molecule has 8 heavy (non-hydrogen) atoms. The predicted molar refractivity (Wildman–Crippen MR) is 37.3 cm³/mol. The van der Waals surface area contributed by atoms with Gasteiger partial charge in [0.05, 0.1) is 5.37 Å². The van der Waals surface area contributed by atoms with Gasteiger partial charge in [0, 0.05) is 11.4 Å². The van der Waals surface area contributed by atoms with Gasteiger partial charge in [0.15, 0.2) is 0 Å². The highest BCUT2D eigenvalue weighted by atomic mass is 32.2. The summed E-state index contributed by atoms with van der Waals surface area (Å²) >= 11 is 1.85. The van der Waals surface area contributed by atoms with Gasteiger partial charge in [0.2, 0.25) is 0 Å². The Hall–Kier alpha value is -0.150. The number of thioether (sulfide) groups is 1. The van der Waals surface area contributed by atoms with Gasteiger partial charge in [-0.3, -0.25) is 0 Å².